The summed E-state index contributed by atoms with van der Waals surface area (Å²) in [7, 11) is -3.40. The monoisotopic (exact) mass is 270 g/mol. The van der Waals surface area contributed by atoms with Crippen molar-refractivity contribution in [3.8, 4) is 0 Å². The van der Waals surface area contributed by atoms with Gasteiger partial charge in [-0.15, -0.1) is 0 Å². The second-order valence-electron chi connectivity index (χ2n) is 4.78. The normalized spacial score (nSPS) is 13.6. The minimum atomic E-state index is -3.40. The van der Waals surface area contributed by atoms with Crippen molar-refractivity contribution < 1.29 is 8.42 Å². The Bertz CT molecular complexity index is 498. The minimum absolute atomic E-state index is 0.247. The Morgan fingerprint density at radius 1 is 1.28 bits per heavy atom. The van der Waals surface area contributed by atoms with Gasteiger partial charge in [-0.05, 0) is 56.0 Å². The lowest BCUT2D eigenvalue weighted by molar-refractivity contribution is 0.515. The van der Waals surface area contributed by atoms with Crippen molar-refractivity contribution in [1.29, 1.82) is 0 Å². The van der Waals surface area contributed by atoms with Gasteiger partial charge in [0.2, 0.25) is 10.0 Å². The Morgan fingerprint density at radius 2 is 1.94 bits per heavy atom. The summed E-state index contributed by atoms with van der Waals surface area (Å²) in [6, 6.07) is 5.16. The zero-order chi connectivity index (χ0) is 13.8. The molecule has 0 aliphatic rings. The number of rotatable bonds is 6. The van der Waals surface area contributed by atoms with Gasteiger partial charge in [0.25, 0.3) is 0 Å². The topological polar surface area (TPSA) is 72.2 Å². The first-order valence-corrected chi connectivity index (χ1v) is 7.62. The maximum Gasteiger partial charge on any atom is 0.240 e. The molecule has 1 rings (SSSR count). The third kappa shape index (κ3) is 4.08. The molecule has 0 saturated heterocycles. The highest BCUT2D eigenvalue weighted by Crippen LogP contribution is 2.14. The summed E-state index contributed by atoms with van der Waals surface area (Å²) >= 11 is 0. The third-order valence-corrected chi connectivity index (χ3v) is 4.49. The van der Waals surface area contributed by atoms with Gasteiger partial charge in [-0.2, -0.15) is 0 Å². The van der Waals surface area contributed by atoms with Crippen LogP contribution in [0.25, 0.3) is 0 Å². The molecule has 0 amide bonds. The van der Waals surface area contributed by atoms with Crippen LogP contribution >= 0.6 is 0 Å². The molecule has 1 aromatic carbocycles. The fourth-order valence-corrected chi connectivity index (χ4v) is 2.85. The number of aryl methyl sites for hydroxylation is 2. The molecule has 4 nitrogen and oxygen atoms in total. The molecule has 5 heteroatoms. The number of nitrogens with one attached hydrogen (secondary N) is 1. The molecule has 0 aromatic heterocycles. The van der Waals surface area contributed by atoms with Crippen molar-refractivity contribution in [3.05, 3.63) is 29.3 Å². The predicted octanol–water partition coefficient (Wildman–Crippen LogP) is 1.57. The van der Waals surface area contributed by atoms with E-state index >= 15 is 0 Å². The Labute approximate surface area is 110 Å². The molecule has 0 aliphatic heterocycles. The van der Waals surface area contributed by atoms with Gasteiger partial charge in [-0.25, -0.2) is 13.1 Å². The zero-order valence-corrected chi connectivity index (χ0v) is 12.0. The smallest absolute Gasteiger partial charge is 0.240 e. The van der Waals surface area contributed by atoms with Crippen LogP contribution < -0.4 is 10.5 Å². The van der Waals surface area contributed by atoms with Crippen LogP contribution in [0.1, 0.15) is 24.5 Å². The Hall–Kier alpha value is -0.910. The highest BCUT2D eigenvalue weighted by molar-refractivity contribution is 7.89. The zero-order valence-electron chi connectivity index (χ0n) is 11.2. The molecule has 0 fully saturated rings. The SMILES string of the molecule is Cc1ccc(S(=O)(=O)NCC(C)CCN)cc1C. The van der Waals surface area contributed by atoms with Crippen molar-refractivity contribution >= 4 is 10.0 Å². The first kappa shape index (κ1) is 15.1. The molecular formula is C13H22N2O2S. The van der Waals surface area contributed by atoms with Crippen molar-refractivity contribution in [2.75, 3.05) is 13.1 Å². The summed E-state index contributed by atoms with van der Waals surface area (Å²) in [4.78, 5) is 0.325. The number of hydrogen-bond donors (Lipinski definition) is 2. The van der Waals surface area contributed by atoms with Gasteiger partial charge in [0.05, 0.1) is 4.90 Å². The molecule has 0 heterocycles. The molecule has 0 saturated carbocycles. The number of sulfonamides is 1. The summed E-state index contributed by atoms with van der Waals surface area (Å²) in [5, 5.41) is 0. The molecule has 0 aliphatic carbocycles. The minimum Gasteiger partial charge on any atom is -0.330 e. The van der Waals surface area contributed by atoms with Gasteiger partial charge in [-0.1, -0.05) is 13.0 Å². The van der Waals surface area contributed by atoms with Crippen LogP contribution in [0.15, 0.2) is 23.1 Å². The van der Waals surface area contributed by atoms with E-state index in [1.807, 2.05) is 26.8 Å². The van der Waals surface area contributed by atoms with Crippen LogP contribution in [0.2, 0.25) is 0 Å². The lowest BCUT2D eigenvalue weighted by atomic mass is 10.1. The molecule has 18 heavy (non-hydrogen) atoms. The van der Waals surface area contributed by atoms with Crippen molar-refractivity contribution in [2.45, 2.75) is 32.1 Å². The van der Waals surface area contributed by atoms with Crippen LogP contribution in [-0.4, -0.2) is 21.5 Å². The number of benzene rings is 1. The van der Waals surface area contributed by atoms with E-state index < -0.39 is 10.0 Å². The van der Waals surface area contributed by atoms with E-state index in [2.05, 4.69) is 4.72 Å². The van der Waals surface area contributed by atoms with Gasteiger partial charge in [0.1, 0.15) is 0 Å². The molecule has 1 unspecified atom stereocenters. The first-order valence-electron chi connectivity index (χ1n) is 6.14. The van der Waals surface area contributed by atoms with E-state index in [9.17, 15) is 8.42 Å². The molecule has 1 aromatic rings. The molecule has 3 N–H and O–H groups in total. The van der Waals surface area contributed by atoms with E-state index in [-0.39, 0.29) is 5.92 Å². The van der Waals surface area contributed by atoms with Gasteiger partial charge in [0, 0.05) is 6.54 Å². The van der Waals surface area contributed by atoms with E-state index in [1.54, 1.807) is 12.1 Å². The van der Waals surface area contributed by atoms with E-state index in [4.69, 9.17) is 5.73 Å². The molecule has 102 valence electrons. The van der Waals surface area contributed by atoms with Crippen molar-refractivity contribution in [2.24, 2.45) is 11.7 Å². The van der Waals surface area contributed by atoms with E-state index in [0.717, 1.165) is 17.5 Å². The summed E-state index contributed by atoms with van der Waals surface area (Å²) in [6.45, 7) is 6.85. The highest BCUT2D eigenvalue weighted by atomic mass is 32.2. The lowest BCUT2D eigenvalue weighted by Gasteiger charge is -2.12. The standard InChI is InChI=1S/C13H22N2O2S/c1-10(6-7-14)9-15-18(16,17)13-5-4-11(2)12(3)8-13/h4-5,8,10,15H,6-7,9,14H2,1-3H3. The lowest BCUT2D eigenvalue weighted by Crippen LogP contribution is -2.29. The first-order chi connectivity index (χ1) is 8.36. The van der Waals surface area contributed by atoms with Gasteiger partial charge in [0.15, 0.2) is 0 Å². The molecule has 0 bridgehead atoms. The number of nitrogens with two attached hydrogens (primary N) is 1. The maximum absolute atomic E-state index is 12.1. The summed E-state index contributed by atoms with van der Waals surface area (Å²) in [6.07, 6.45) is 0.815. The van der Waals surface area contributed by atoms with Crippen LogP contribution in [0.5, 0.6) is 0 Å². The maximum atomic E-state index is 12.1. The van der Waals surface area contributed by atoms with Gasteiger partial charge in [-0.3, -0.25) is 0 Å². The second-order valence-corrected chi connectivity index (χ2v) is 6.55. The van der Waals surface area contributed by atoms with E-state index in [1.165, 1.54) is 0 Å². The third-order valence-electron chi connectivity index (χ3n) is 3.07. The molecule has 0 spiro atoms. The Kier molecular flexibility index (Phi) is 5.31. The summed E-state index contributed by atoms with van der Waals surface area (Å²) < 4.78 is 26.7. The quantitative estimate of drug-likeness (QED) is 0.824. The predicted molar refractivity (Wildman–Crippen MR) is 73.9 cm³/mol. The van der Waals surface area contributed by atoms with Crippen LogP contribution in [0.3, 0.4) is 0 Å². The van der Waals surface area contributed by atoms with Gasteiger partial charge >= 0.3 is 0 Å². The Balaban J connectivity index is 2.77. The molecular weight excluding hydrogens is 248 g/mol. The fourth-order valence-electron chi connectivity index (χ4n) is 1.60. The largest absolute Gasteiger partial charge is 0.330 e. The Morgan fingerprint density at radius 3 is 2.50 bits per heavy atom. The number of hydrogen-bond acceptors (Lipinski definition) is 3. The van der Waals surface area contributed by atoms with Crippen molar-refractivity contribution in [3.63, 3.8) is 0 Å². The van der Waals surface area contributed by atoms with Crippen LogP contribution in [-0.2, 0) is 10.0 Å². The summed E-state index contributed by atoms with van der Waals surface area (Å²) in [5.74, 6) is 0.247. The van der Waals surface area contributed by atoms with Crippen LogP contribution in [0.4, 0.5) is 0 Å². The fraction of sp³-hybridized carbons (Fsp3) is 0.538. The van der Waals surface area contributed by atoms with Crippen molar-refractivity contribution in [1.82, 2.24) is 4.72 Å². The highest BCUT2D eigenvalue weighted by Gasteiger charge is 2.15. The average molecular weight is 270 g/mol. The van der Waals surface area contributed by atoms with Crippen LogP contribution in [0, 0.1) is 19.8 Å². The van der Waals surface area contributed by atoms with Gasteiger partial charge < -0.3 is 5.73 Å². The summed E-state index contributed by atoms with van der Waals surface area (Å²) in [5.41, 5.74) is 7.51. The van der Waals surface area contributed by atoms with E-state index in [0.29, 0.717) is 18.0 Å². The molecule has 0 radical (unpaired) electrons. The molecule has 1 atom stereocenters. The average Bonchev–Trinajstić information content (AvgIpc) is 2.30. The second kappa shape index (κ2) is 6.31.